The van der Waals surface area contributed by atoms with Crippen molar-refractivity contribution in [3.63, 3.8) is 0 Å². The Hall–Kier alpha value is -0.0800. The van der Waals surface area contributed by atoms with Gasteiger partial charge in [0.2, 0.25) is 0 Å². The predicted octanol–water partition coefficient (Wildman–Crippen LogP) is 1.68. The van der Waals surface area contributed by atoms with E-state index >= 15 is 0 Å². The van der Waals surface area contributed by atoms with E-state index in [0.717, 1.165) is 19.3 Å². The Morgan fingerprint density at radius 2 is 1.75 bits per heavy atom. The fraction of sp³-hybridized carbons (Fsp3) is 1.00. The van der Waals surface area contributed by atoms with Crippen LogP contribution >= 0.6 is 0 Å². The van der Waals surface area contributed by atoms with Crippen LogP contribution < -0.4 is 5.32 Å². The lowest BCUT2D eigenvalue weighted by atomic mass is 9.96. The first-order valence-electron chi connectivity index (χ1n) is 4.78. The topological polar surface area (TPSA) is 32.3 Å². The second kappa shape index (κ2) is 3.00. The van der Waals surface area contributed by atoms with E-state index in [2.05, 4.69) is 33.0 Å². The SMILES string of the molecule is CC1(C)CCC(O)CC(C)(C)N1. The van der Waals surface area contributed by atoms with Crippen LogP contribution in [0.1, 0.15) is 47.0 Å². The van der Waals surface area contributed by atoms with E-state index in [4.69, 9.17) is 0 Å². The molecule has 1 atom stereocenters. The minimum absolute atomic E-state index is 0.0689. The zero-order valence-corrected chi connectivity index (χ0v) is 8.65. The number of aliphatic hydroxyl groups excluding tert-OH is 1. The van der Waals surface area contributed by atoms with E-state index in [1.165, 1.54) is 0 Å². The minimum atomic E-state index is -0.130. The summed E-state index contributed by atoms with van der Waals surface area (Å²) in [5, 5.41) is 13.2. The second-order valence-electron chi connectivity index (χ2n) is 5.29. The molecule has 2 nitrogen and oxygen atoms in total. The van der Waals surface area contributed by atoms with Gasteiger partial charge in [0.15, 0.2) is 0 Å². The van der Waals surface area contributed by atoms with Crippen molar-refractivity contribution in [2.24, 2.45) is 0 Å². The molecule has 1 aliphatic heterocycles. The van der Waals surface area contributed by atoms with Crippen LogP contribution in [0.3, 0.4) is 0 Å². The molecule has 0 aromatic carbocycles. The van der Waals surface area contributed by atoms with Crippen LogP contribution in [-0.2, 0) is 0 Å². The fourth-order valence-electron chi connectivity index (χ4n) is 2.25. The number of aliphatic hydroxyl groups is 1. The molecule has 1 saturated heterocycles. The summed E-state index contributed by atoms with van der Waals surface area (Å²) in [6.45, 7) is 8.71. The van der Waals surface area contributed by atoms with Crippen LogP contribution in [0.5, 0.6) is 0 Å². The molecule has 0 bridgehead atoms. The molecular weight excluding hydrogens is 150 g/mol. The summed E-state index contributed by atoms with van der Waals surface area (Å²) >= 11 is 0. The van der Waals surface area contributed by atoms with E-state index in [1.807, 2.05) is 0 Å². The van der Waals surface area contributed by atoms with Crippen molar-refractivity contribution in [1.29, 1.82) is 0 Å². The van der Waals surface area contributed by atoms with Gasteiger partial charge in [0, 0.05) is 11.1 Å². The Morgan fingerprint density at radius 1 is 1.17 bits per heavy atom. The van der Waals surface area contributed by atoms with Gasteiger partial charge in [0.05, 0.1) is 6.10 Å². The summed E-state index contributed by atoms with van der Waals surface area (Å²) in [6.07, 6.45) is 2.70. The summed E-state index contributed by atoms with van der Waals surface area (Å²) in [5.41, 5.74) is 0.237. The van der Waals surface area contributed by atoms with Gasteiger partial charge >= 0.3 is 0 Å². The fourth-order valence-corrected chi connectivity index (χ4v) is 2.25. The summed E-state index contributed by atoms with van der Waals surface area (Å²) in [6, 6.07) is 0. The Labute approximate surface area is 75.4 Å². The van der Waals surface area contributed by atoms with Crippen molar-refractivity contribution in [3.05, 3.63) is 0 Å². The van der Waals surface area contributed by atoms with E-state index in [-0.39, 0.29) is 17.2 Å². The highest BCUT2D eigenvalue weighted by Crippen LogP contribution is 2.26. The molecule has 0 radical (unpaired) electrons. The molecule has 1 fully saturated rings. The van der Waals surface area contributed by atoms with Crippen LogP contribution in [0.25, 0.3) is 0 Å². The maximum Gasteiger partial charge on any atom is 0.0558 e. The lowest BCUT2D eigenvalue weighted by molar-refractivity contribution is 0.135. The van der Waals surface area contributed by atoms with Crippen LogP contribution in [-0.4, -0.2) is 22.3 Å². The van der Waals surface area contributed by atoms with Crippen molar-refractivity contribution in [2.45, 2.75) is 64.1 Å². The maximum absolute atomic E-state index is 9.62. The minimum Gasteiger partial charge on any atom is -0.393 e. The first-order chi connectivity index (χ1) is 5.31. The molecule has 2 heteroatoms. The zero-order valence-electron chi connectivity index (χ0n) is 8.65. The normalized spacial score (nSPS) is 34.2. The highest BCUT2D eigenvalue weighted by Gasteiger charge is 2.33. The van der Waals surface area contributed by atoms with Crippen molar-refractivity contribution in [1.82, 2.24) is 5.32 Å². The molecule has 0 amide bonds. The van der Waals surface area contributed by atoms with Gasteiger partial charge in [-0.1, -0.05) is 0 Å². The van der Waals surface area contributed by atoms with Crippen molar-refractivity contribution < 1.29 is 5.11 Å². The average Bonchev–Trinajstić information content (AvgIpc) is 1.86. The smallest absolute Gasteiger partial charge is 0.0558 e. The molecule has 0 aromatic rings. The van der Waals surface area contributed by atoms with Gasteiger partial charge in [-0.05, 0) is 47.0 Å². The zero-order chi connectivity index (χ0) is 9.41. The molecular formula is C10H21NO. The van der Waals surface area contributed by atoms with Crippen molar-refractivity contribution >= 4 is 0 Å². The van der Waals surface area contributed by atoms with Crippen molar-refractivity contribution in [2.75, 3.05) is 0 Å². The monoisotopic (exact) mass is 171 g/mol. The van der Waals surface area contributed by atoms with E-state index in [9.17, 15) is 5.11 Å². The van der Waals surface area contributed by atoms with E-state index in [0.29, 0.717) is 0 Å². The third-order valence-corrected chi connectivity index (χ3v) is 2.53. The molecule has 0 saturated carbocycles. The number of nitrogens with one attached hydrogen (secondary N) is 1. The lowest BCUT2D eigenvalue weighted by Crippen LogP contribution is -2.50. The molecule has 1 unspecified atom stereocenters. The van der Waals surface area contributed by atoms with Crippen LogP contribution in [0.4, 0.5) is 0 Å². The Morgan fingerprint density at radius 3 is 2.33 bits per heavy atom. The van der Waals surface area contributed by atoms with Gasteiger partial charge < -0.3 is 10.4 Å². The molecule has 0 aromatic heterocycles. The summed E-state index contributed by atoms with van der Waals surface area (Å²) in [7, 11) is 0. The van der Waals surface area contributed by atoms with E-state index in [1.54, 1.807) is 0 Å². The predicted molar refractivity (Wildman–Crippen MR) is 51.2 cm³/mol. The number of rotatable bonds is 0. The van der Waals surface area contributed by atoms with Gasteiger partial charge in [0.25, 0.3) is 0 Å². The molecule has 1 rings (SSSR count). The molecule has 2 N–H and O–H groups in total. The second-order valence-corrected chi connectivity index (χ2v) is 5.29. The van der Waals surface area contributed by atoms with Crippen LogP contribution in [0.2, 0.25) is 0 Å². The van der Waals surface area contributed by atoms with E-state index < -0.39 is 0 Å². The summed E-state index contributed by atoms with van der Waals surface area (Å²) < 4.78 is 0. The molecule has 1 aliphatic rings. The Kier molecular flexibility index (Phi) is 2.50. The van der Waals surface area contributed by atoms with Crippen LogP contribution in [0, 0.1) is 0 Å². The van der Waals surface area contributed by atoms with Crippen LogP contribution in [0.15, 0.2) is 0 Å². The van der Waals surface area contributed by atoms with Gasteiger partial charge in [-0.3, -0.25) is 0 Å². The maximum atomic E-state index is 9.62. The quantitative estimate of drug-likeness (QED) is 0.581. The summed E-state index contributed by atoms with van der Waals surface area (Å²) in [4.78, 5) is 0. The molecule has 12 heavy (non-hydrogen) atoms. The van der Waals surface area contributed by atoms with Crippen molar-refractivity contribution in [3.8, 4) is 0 Å². The van der Waals surface area contributed by atoms with Gasteiger partial charge in [0.1, 0.15) is 0 Å². The summed E-state index contributed by atoms with van der Waals surface area (Å²) in [5.74, 6) is 0. The number of hydrogen-bond acceptors (Lipinski definition) is 2. The average molecular weight is 171 g/mol. The van der Waals surface area contributed by atoms with Gasteiger partial charge in [-0.2, -0.15) is 0 Å². The number of hydrogen-bond donors (Lipinski definition) is 2. The third-order valence-electron chi connectivity index (χ3n) is 2.53. The third kappa shape index (κ3) is 2.76. The lowest BCUT2D eigenvalue weighted by Gasteiger charge is -2.34. The highest BCUT2D eigenvalue weighted by atomic mass is 16.3. The first-order valence-corrected chi connectivity index (χ1v) is 4.78. The molecule has 1 heterocycles. The van der Waals surface area contributed by atoms with Gasteiger partial charge in [-0.25, -0.2) is 0 Å². The molecule has 72 valence electrons. The highest BCUT2D eigenvalue weighted by molar-refractivity contribution is 4.93. The van der Waals surface area contributed by atoms with Gasteiger partial charge in [-0.15, -0.1) is 0 Å². The molecule has 0 spiro atoms. The Bertz CT molecular complexity index is 163. The Balaban J connectivity index is 2.69. The standard InChI is InChI=1S/C10H21NO/c1-9(2)6-5-8(12)7-10(3,4)11-9/h8,11-12H,5-7H2,1-4H3. The first kappa shape index (κ1) is 10.0. The largest absolute Gasteiger partial charge is 0.393 e. The molecule has 0 aliphatic carbocycles.